The summed E-state index contributed by atoms with van der Waals surface area (Å²) in [5.74, 6) is -0.594. The zero-order chi connectivity index (χ0) is 21.1. The number of aromatic amines is 1. The summed E-state index contributed by atoms with van der Waals surface area (Å²) in [4.78, 5) is 38.7. The monoisotopic (exact) mass is 385 g/mol. The van der Waals surface area contributed by atoms with E-state index >= 15 is 0 Å². The first-order valence-corrected chi connectivity index (χ1v) is 9.13. The van der Waals surface area contributed by atoms with Gasteiger partial charge in [-0.1, -0.05) is 32.9 Å². The van der Waals surface area contributed by atoms with Gasteiger partial charge in [0.05, 0.1) is 5.69 Å². The van der Waals surface area contributed by atoms with E-state index in [9.17, 15) is 14.4 Å². The topological polar surface area (TPSA) is 85.5 Å². The highest BCUT2D eigenvalue weighted by molar-refractivity contribution is 6.04. The Morgan fingerprint density at radius 3 is 2.11 bits per heavy atom. The van der Waals surface area contributed by atoms with Crippen LogP contribution in [0.3, 0.4) is 0 Å². The van der Waals surface area contributed by atoms with Crippen molar-refractivity contribution in [3.05, 3.63) is 52.3 Å². The van der Waals surface area contributed by atoms with Gasteiger partial charge in [0.15, 0.2) is 19.0 Å². The number of hydrogen-bond donors (Lipinski definition) is 1. The summed E-state index contributed by atoms with van der Waals surface area (Å²) >= 11 is 0. The van der Waals surface area contributed by atoms with Crippen molar-refractivity contribution in [2.75, 3.05) is 13.2 Å². The Kier molecular flexibility index (Phi) is 6.44. The fraction of sp³-hybridized carbons (Fsp3) is 0.409. The molecule has 6 nitrogen and oxygen atoms in total. The van der Waals surface area contributed by atoms with Gasteiger partial charge in [-0.2, -0.15) is 0 Å². The second kappa shape index (κ2) is 8.42. The predicted octanol–water partition coefficient (Wildman–Crippen LogP) is 3.94. The molecule has 2 rings (SSSR count). The first-order valence-electron chi connectivity index (χ1n) is 9.13. The number of aryl methyl sites for hydroxylation is 1. The number of ketones is 2. The molecule has 0 unspecified atom stereocenters. The fourth-order valence-corrected chi connectivity index (χ4v) is 3.01. The molecule has 0 aliphatic rings. The van der Waals surface area contributed by atoms with Crippen LogP contribution in [0.5, 0.6) is 5.75 Å². The smallest absolute Gasteiger partial charge is 0.344 e. The number of aromatic nitrogens is 1. The van der Waals surface area contributed by atoms with Crippen LogP contribution in [-0.4, -0.2) is 35.7 Å². The highest BCUT2D eigenvalue weighted by atomic mass is 16.6. The molecule has 6 heteroatoms. The fourth-order valence-electron chi connectivity index (χ4n) is 3.01. The number of nitrogens with one attached hydrogen (secondary N) is 1. The molecule has 1 heterocycles. The summed E-state index contributed by atoms with van der Waals surface area (Å²) in [6, 6.07) is 7.50. The lowest BCUT2D eigenvalue weighted by Gasteiger charge is -2.19. The minimum atomic E-state index is -0.638. The summed E-state index contributed by atoms with van der Waals surface area (Å²) < 4.78 is 10.4. The Morgan fingerprint density at radius 1 is 1.00 bits per heavy atom. The van der Waals surface area contributed by atoms with E-state index in [1.54, 1.807) is 26.0 Å². The number of carbonyl (C=O) groups excluding carboxylic acids is 3. The van der Waals surface area contributed by atoms with Crippen LogP contribution < -0.4 is 4.74 Å². The highest BCUT2D eigenvalue weighted by Gasteiger charge is 2.21. The van der Waals surface area contributed by atoms with Gasteiger partial charge in [-0.25, -0.2) is 4.79 Å². The Morgan fingerprint density at radius 2 is 1.61 bits per heavy atom. The van der Waals surface area contributed by atoms with Crippen LogP contribution in [0.4, 0.5) is 0 Å². The molecule has 150 valence electrons. The second-order valence-electron chi connectivity index (χ2n) is 7.83. The van der Waals surface area contributed by atoms with Crippen LogP contribution in [0.15, 0.2) is 24.3 Å². The number of carbonyl (C=O) groups is 3. The highest BCUT2D eigenvalue weighted by Crippen LogP contribution is 2.24. The van der Waals surface area contributed by atoms with Gasteiger partial charge in [-0.3, -0.25) is 9.59 Å². The molecule has 0 radical (unpaired) electrons. The van der Waals surface area contributed by atoms with Gasteiger partial charge in [0, 0.05) is 11.3 Å². The second-order valence-corrected chi connectivity index (χ2v) is 7.83. The number of esters is 1. The number of ether oxygens (including phenoxy) is 2. The van der Waals surface area contributed by atoms with Gasteiger partial charge in [-0.05, 0) is 49.4 Å². The zero-order valence-corrected chi connectivity index (χ0v) is 17.3. The average Bonchev–Trinajstić information content (AvgIpc) is 2.92. The summed E-state index contributed by atoms with van der Waals surface area (Å²) in [7, 11) is 0. The third-order valence-corrected chi connectivity index (χ3v) is 4.51. The lowest BCUT2D eigenvalue weighted by molar-refractivity contribution is -0.144. The Labute approximate surface area is 165 Å². The predicted molar refractivity (Wildman–Crippen MR) is 106 cm³/mol. The number of rotatable bonds is 7. The van der Waals surface area contributed by atoms with Crippen LogP contribution in [0.1, 0.15) is 65.4 Å². The molecule has 1 aromatic carbocycles. The molecule has 0 fully saturated rings. The maximum Gasteiger partial charge on any atom is 0.344 e. The van der Waals surface area contributed by atoms with Crippen molar-refractivity contribution in [2.24, 2.45) is 0 Å². The van der Waals surface area contributed by atoms with Gasteiger partial charge >= 0.3 is 5.97 Å². The molecule has 0 atom stereocenters. The third-order valence-electron chi connectivity index (χ3n) is 4.51. The van der Waals surface area contributed by atoms with Crippen LogP contribution in [0, 0.1) is 13.8 Å². The van der Waals surface area contributed by atoms with Crippen LogP contribution in [-0.2, 0) is 14.9 Å². The normalized spacial score (nSPS) is 11.2. The standard InChI is InChI=1S/C22H27NO5/c1-13-20(15(3)24)14(2)23-21(13)18(25)11-28-19(26)12-27-17-9-7-16(8-10-17)22(4,5)6/h7-10,23H,11-12H2,1-6H3. The number of Topliss-reactive ketones (excluding diaryl/α,β-unsaturated/α-hetero) is 2. The van der Waals surface area contributed by atoms with Crippen LogP contribution in [0.2, 0.25) is 0 Å². The molecule has 1 aromatic heterocycles. The van der Waals surface area contributed by atoms with Gasteiger partial charge in [0.2, 0.25) is 5.78 Å². The first-order chi connectivity index (χ1) is 13.0. The molecule has 0 spiro atoms. The van der Waals surface area contributed by atoms with E-state index in [0.717, 1.165) is 5.56 Å². The number of H-pyrrole nitrogens is 1. The van der Waals surface area contributed by atoms with E-state index in [1.165, 1.54) is 6.92 Å². The van der Waals surface area contributed by atoms with E-state index in [2.05, 4.69) is 25.8 Å². The molecular formula is C22H27NO5. The van der Waals surface area contributed by atoms with Gasteiger partial charge in [-0.15, -0.1) is 0 Å². The summed E-state index contributed by atoms with van der Waals surface area (Å²) in [6.07, 6.45) is 0. The Balaban J connectivity index is 1.88. The summed E-state index contributed by atoms with van der Waals surface area (Å²) in [6.45, 7) is 10.5. The number of hydrogen-bond acceptors (Lipinski definition) is 5. The molecule has 0 aliphatic heterocycles. The van der Waals surface area contributed by atoms with Crippen molar-refractivity contribution in [3.8, 4) is 5.75 Å². The van der Waals surface area contributed by atoms with Gasteiger partial charge in [0.1, 0.15) is 5.75 Å². The van der Waals surface area contributed by atoms with Crippen LogP contribution in [0.25, 0.3) is 0 Å². The van der Waals surface area contributed by atoms with Gasteiger partial charge in [0.25, 0.3) is 0 Å². The van der Waals surface area contributed by atoms with Crippen molar-refractivity contribution in [1.29, 1.82) is 0 Å². The van der Waals surface area contributed by atoms with E-state index in [0.29, 0.717) is 22.6 Å². The van der Waals surface area contributed by atoms with Gasteiger partial charge < -0.3 is 14.5 Å². The first kappa shape index (κ1) is 21.4. The van der Waals surface area contributed by atoms with Crippen molar-refractivity contribution < 1.29 is 23.9 Å². The van der Waals surface area contributed by atoms with Crippen molar-refractivity contribution >= 4 is 17.5 Å². The Hall–Kier alpha value is -2.89. The summed E-state index contributed by atoms with van der Waals surface area (Å²) in [5.41, 5.74) is 3.18. The summed E-state index contributed by atoms with van der Waals surface area (Å²) in [5, 5.41) is 0. The zero-order valence-electron chi connectivity index (χ0n) is 17.3. The van der Waals surface area contributed by atoms with E-state index in [4.69, 9.17) is 9.47 Å². The lowest BCUT2D eigenvalue weighted by atomic mass is 9.87. The van der Waals surface area contributed by atoms with E-state index in [-0.39, 0.29) is 23.5 Å². The van der Waals surface area contributed by atoms with Crippen molar-refractivity contribution in [1.82, 2.24) is 4.98 Å². The third kappa shape index (κ3) is 5.09. The molecule has 1 N–H and O–H groups in total. The molecule has 0 amide bonds. The molecular weight excluding hydrogens is 358 g/mol. The molecule has 28 heavy (non-hydrogen) atoms. The minimum absolute atomic E-state index is 0.0361. The number of benzene rings is 1. The average molecular weight is 385 g/mol. The molecule has 0 aliphatic carbocycles. The Bertz CT molecular complexity index is 885. The SMILES string of the molecule is CC(=O)c1c(C)[nH]c(C(=O)COC(=O)COc2ccc(C(C)(C)C)cc2)c1C. The molecule has 2 aromatic rings. The maximum absolute atomic E-state index is 12.3. The van der Waals surface area contributed by atoms with E-state index < -0.39 is 18.4 Å². The largest absolute Gasteiger partial charge is 0.482 e. The molecule has 0 bridgehead atoms. The molecule has 0 saturated heterocycles. The van der Waals surface area contributed by atoms with Crippen LogP contribution >= 0.6 is 0 Å². The lowest BCUT2D eigenvalue weighted by Crippen LogP contribution is -2.20. The quantitative estimate of drug-likeness (QED) is 0.576. The van der Waals surface area contributed by atoms with E-state index in [1.807, 2.05) is 12.1 Å². The van der Waals surface area contributed by atoms with Crippen molar-refractivity contribution in [3.63, 3.8) is 0 Å². The maximum atomic E-state index is 12.3. The van der Waals surface area contributed by atoms with Crippen molar-refractivity contribution in [2.45, 2.75) is 47.0 Å². The molecule has 0 saturated carbocycles. The minimum Gasteiger partial charge on any atom is -0.482 e.